The van der Waals surface area contributed by atoms with Gasteiger partial charge in [0.15, 0.2) is 11.6 Å². The minimum absolute atomic E-state index is 0.195. The van der Waals surface area contributed by atoms with Crippen LogP contribution in [0, 0.1) is 17.3 Å². The molecule has 5 heteroatoms. The predicted molar refractivity (Wildman–Crippen MR) is 99.7 cm³/mol. The minimum atomic E-state index is -1.48. The van der Waals surface area contributed by atoms with E-state index in [1.807, 2.05) is 43.3 Å². The topological polar surface area (TPSA) is 69.7 Å². The lowest BCUT2D eigenvalue weighted by Gasteiger charge is -2.45. The molecular formula is C22H24O5. The van der Waals surface area contributed by atoms with Crippen LogP contribution in [0.2, 0.25) is 0 Å². The van der Waals surface area contributed by atoms with Crippen molar-refractivity contribution in [3.05, 3.63) is 59.7 Å². The largest absolute Gasteiger partial charge is 0.468 e. The number of hydrogen-bond donors (Lipinski definition) is 0. The second-order valence-corrected chi connectivity index (χ2v) is 7.08. The van der Waals surface area contributed by atoms with Crippen LogP contribution in [0.1, 0.15) is 25.3 Å². The van der Waals surface area contributed by atoms with Crippen LogP contribution in [0.3, 0.4) is 0 Å². The van der Waals surface area contributed by atoms with Gasteiger partial charge in [-0.15, -0.1) is 0 Å². The molecule has 0 bridgehead atoms. The van der Waals surface area contributed by atoms with Gasteiger partial charge in [-0.05, 0) is 37.5 Å². The first-order chi connectivity index (χ1) is 13.0. The molecule has 3 atom stereocenters. The highest BCUT2D eigenvalue weighted by atomic mass is 16.5. The van der Waals surface area contributed by atoms with Crippen molar-refractivity contribution in [2.45, 2.75) is 26.4 Å². The summed E-state index contributed by atoms with van der Waals surface area (Å²) in [5.74, 6) is -2.29. The summed E-state index contributed by atoms with van der Waals surface area (Å²) >= 11 is 0. The summed E-state index contributed by atoms with van der Waals surface area (Å²) < 4.78 is 10.8. The van der Waals surface area contributed by atoms with Gasteiger partial charge in [-0.25, -0.2) is 0 Å². The highest BCUT2D eigenvalue weighted by Crippen LogP contribution is 2.51. The predicted octanol–water partition coefficient (Wildman–Crippen LogP) is 3.04. The molecule has 0 unspecified atom stereocenters. The van der Waals surface area contributed by atoms with Gasteiger partial charge in [0.25, 0.3) is 0 Å². The third-order valence-electron chi connectivity index (χ3n) is 5.66. The Balaban J connectivity index is 1.82. The number of hydrogen-bond acceptors (Lipinski definition) is 5. The summed E-state index contributed by atoms with van der Waals surface area (Å²) in [4.78, 5) is 38.2. The lowest BCUT2D eigenvalue weighted by molar-refractivity contribution is -0.168. The molecule has 27 heavy (non-hydrogen) atoms. The van der Waals surface area contributed by atoms with Crippen molar-refractivity contribution in [3.63, 3.8) is 0 Å². The first kappa shape index (κ1) is 19.2. The Hall–Kier alpha value is -2.53. The number of ketones is 2. The van der Waals surface area contributed by atoms with Crippen molar-refractivity contribution in [3.8, 4) is 0 Å². The Bertz CT molecular complexity index is 792. The quantitative estimate of drug-likeness (QED) is 0.334. The van der Waals surface area contributed by atoms with Crippen LogP contribution in [0.15, 0.2) is 54.1 Å². The SMILES string of the molecule is COC(=O)[C@@]12C(=O)C=CC(=O)[C@@H]1CC=C(C)[C@@H]2CCOCc1ccccc1. The molecule has 0 heterocycles. The molecular weight excluding hydrogens is 344 g/mol. The molecule has 0 amide bonds. The Morgan fingerprint density at radius 1 is 1.19 bits per heavy atom. The standard InChI is InChI=1S/C22H24O5/c1-15-8-9-18-19(23)10-11-20(24)22(18,21(25)26-2)17(15)12-13-27-14-16-6-4-3-5-7-16/h3-8,10-11,17-18H,9,12-14H2,1-2H3/t17-,18-,22+/m0/s1. The molecule has 0 aromatic heterocycles. The summed E-state index contributed by atoms with van der Waals surface area (Å²) in [6.45, 7) is 2.73. The summed E-state index contributed by atoms with van der Waals surface area (Å²) in [5, 5.41) is 0. The summed E-state index contributed by atoms with van der Waals surface area (Å²) in [6, 6.07) is 9.79. The van der Waals surface area contributed by atoms with Gasteiger partial charge in [-0.3, -0.25) is 14.4 Å². The molecule has 3 rings (SSSR count). The number of fused-ring (bicyclic) bond motifs is 1. The zero-order valence-electron chi connectivity index (χ0n) is 15.6. The van der Waals surface area contributed by atoms with Gasteiger partial charge >= 0.3 is 5.97 Å². The van der Waals surface area contributed by atoms with E-state index >= 15 is 0 Å². The number of carbonyl (C=O) groups is 3. The van der Waals surface area contributed by atoms with Gasteiger partial charge in [0.2, 0.25) is 0 Å². The number of allylic oxidation sites excluding steroid dienone is 4. The highest BCUT2D eigenvalue weighted by molar-refractivity contribution is 6.19. The van der Waals surface area contributed by atoms with Crippen molar-refractivity contribution in [2.24, 2.45) is 17.3 Å². The zero-order valence-corrected chi connectivity index (χ0v) is 15.6. The molecule has 0 spiro atoms. The molecule has 0 fully saturated rings. The molecule has 2 aliphatic carbocycles. The van der Waals surface area contributed by atoms with E-state index < -0.39 is 23.2 Å². The monoisotopic (exact) mass is 368 g/mol. The van der Waals surface area contributed by atoms with E-state index in [0.717, 1.165) is 11.1 Å². The van der Waals surface area contributed by atoms with Crippen LogP contribution in [0.25, 0.3) is 0 Å². The average molecular weight is 368 g/mol. The van der Waals surface area contributed by atoms with E-state index in [-0.39, 0.29) is 11.6 Å². The van der Waals surface area contributed by atoms with Gasteiger partial charge in [0.1, 0.15) is 5.41 Å². The number of rotatable bonds is 6. The smallest absolute Gasteiger partial charge is 0.321 e. The van der Waals surface area contributed by atoms with E-state index in [1.165, 1.54) is 19.3 Å². The van der Waals surface area contributed by atoms with Crippen molar-refractivity contribution < 1.29 is 23.9 Å². The van der Waals surface area contributed by atoms with Gasteiger partial charge in [0, 0.05) is 18.4 Å². The minimum Gasteiger partial charge on any atom is -0.468 e. The average Bonchev–Trinajstić information content (AvgIpc) is 2.69. The normalized spacial score (nSPS) is 27.1. The van der Waals surface area contributed by atoms with Crippen molar-refractivity contribution >= 4 is 17.5 Å². The Morgan fingerprint density at radius 3 is 2.63 bits per heavy atom. The molecule has 0 saturated carbocycles. The Kier molecular flexibility index (Phi) is 5.71. The Labute approximate surface area is 159 Å². The third kappa shape index (κ3) is 3.39. The molecule has 1 aromatic rings. The van der Waals surface area contributed by atoms with Gasteiger partial charge in [-0.1, -0.05) is 42.0 Å². The third-order valence-corrected chi connectivity index (χ3v) is 5.66. The lowest BCUT2D eigenvalue weighted by atomic mass is 9.54. The summed E-state index contributed by atoms with van der Waals surface area (Å²) in [6.07, 6.45) is 5.31. The highest BCUT2D eigenvalue weighted by Gasteiger charge is 2.61. The number of ether oxygens (including phenoxy) is 2. The second-order valence-electron chi connectivity index (χ2n) is 7.08. The first-order valence-electron chi connectivity index (χ1n) is 9.15. The molecule has 0 N–H and O–H groups in total. The molecule has 0 aliphatic heterocycles. The maximum atomic E-state index is 12.9. The van der Waals surface area contributed by atoms with E-state index in [1.54, 1.807) is 0 Å². The number of carbonyl (C=O) groups excluding carboxylic acids is 3. The first-order valence-corrected chi connectivity index (χ1v) is 9.15. The fraction of sp³-hybridized carbons (Fsp3) is 0.409. The number of benzene rings is 1. The maximum absolute atomic E-state index is 12.9. The maximum Gasteiger partial charge on any atom is 0.321 e. The fourth-order valence-corrected chi connectivity index (χ4v) is 4.30. The van der Waals surface area contributed by atoms with Gasteiger partial charge in [0.05, 0.1) is 13.7 Å². The molecule has 0 radical (unpaired) electrons. The summed E-state index contributed by atoms with van der Waals surface area (Å²) in [7, 11) is 1.26. The van der Waals surface area contributed by atoms with Crippen LogP contribution in [0.5, 0.6) is 0 Å². The van der Waals surface area contributed by atoms with Gasteiger partial charge < -0.3 is 9.47 Å². The molecule has 2 aliphatic rings. The van der Waals surface area contributed by atoms with Crippen molar-refractivity contribution in [2.75, 3.05) is 13.7 Å². The van der Waals surface area contributed by atoms with Crippen LogP contribution in [0.4, 0.5) is 0 Å². The van der Waals surface area contributed by atoms with E-state index in [2.05, 4.69) is 0 Å². The van der Waals surface area contributed by atoms with Gasteiger partial charge in [-0.2, -0.15) is 0 Å². The van der Waals surface area contributed by atoms with Crippen LogP contribution in [-0.2, 0) is 30.5 Å². The van der Waals surface area contributed by atoms with Crippen molar-refractivity contribution in [1.29, 1.82) is 0 Å². The number of esters is 1. The fourth-order valence-electron chi connectivity index (χ4n) is 4.30. The van der Waals surface area contributed by atoms with Crippen LogP contribution < -0.4 is 0 Å². The molecule has 142 valence electrons. The molecule has 1 aromatic carbocycles. The molecule has 5 nitrogen and oxygen atoms in total. The summed E-state index contributed by atoms with van der Waals surface area (Å²) in [5.41, 5.74) is 0.507. The van der Waals surface area contributed by atoms with E-state index in [9.17, 15) is 14.4 Å². The van der Waals surface area contributed by atoms with E-state index in [0.29, 0.717) is 26.1 Å². The van der Waals surface area contributed by atoms with Crippen LogP contribution >= 0.6 is 0 Å². The van der Waals surface area contributed by atoms with Crippen molar-refractivity contribution in [1.82, 2.24) is 0 Å². The van der Waals surface area contributed by atoms with Crippen LogP contribution in [-0.4, -0.2) is 31.3 Å². The Morgan fingerprint density at radius 2 is 1.93 bits per heavy atom. The van der Waals surface area contributed by atoms with E-state index in [4.69, 9.17) is 9.47 Å². The lowest BCUT2D eigenvalue weighted by Crippen LogP contribution is -2.57. The number of methoxy groups -OCH3 is 1. The second kappa shape index (κ2) is 8.01. The zero-order chi connectivity index (χ0) is 19.4. The molecule has 0 saturated heterocycles.